The monoisotopic (exact) mass is 408 g/mol. The van der Waals surface area contributed by atoms with E-state index < -0.39 is 0 Å². The van der Waals surface area contributed by atoms with Gasteiger partial charge in [0.15, 0.2) is 0 Å². The average Bonchev–Trinajstić information content (AvgIpc) is 3.14. The summed E-state index contributed by atoms with van der Waals surface area (Å²) in [5, 5.41) is 8.20. The van der Waals surface area contributed by atoms with E-state index in [1.165, 1.54) is 11.3 Å². The van der Waals surface area contributed by atoms with Crippen molar-refractivity contribution in [3.05, 3.63) is 57.5 Å². The molecule has 0 unspecified atom stereocenters. The van der Waals surface area contributed by atoms with E-state index in [-0.39, 0.29) is 18.4 Å². The molecule has 0 aliphatic heterocycles. The van der Waals surface area contributed by atoms with Crippen LogP contribution in [0.15, 0.2) is 42.6 Å². The number of thiophene rings is 1. The van der Waals surface area contributed by atoms with Crippen LogP contribution in [-0.4, -0.2) is 22.2 Å². The molecule has 5 nitrogen and oxygen atoms in total. The van der Waals surface area contributed by atoms with Gasteiger partial charge in [0.2, 0.25) is 5.91 Å². The second-order valence-electron chi connectivity index (χ2n) is 5.87. The maximum atomic E-state index is 12.6. The molecular weight excluding hydrogens is 391 g/mol. The summed E-state index contributed by atoms with van der Waals surface area (Å²) in [7, 11) is 1.79. The lowest BCUT2D eigenvalue weighted by Crippen LogP contribution is -2.30. The Kier molecular flexibility index (Phi) is 5.98. The Morgan fingerprint density at radius 1 is 1.35 bits per heavy atom. The van der Waals surface area contributed by atoms with Crippen molar-refractivity contribution in [2.45, 2.75) is 6.42 Å². The van der Waals surface area contributed by atoms with Crippen molar-refractivity contribution < 1.29 is 4.79 Å². The fourth-order valence-electron chi connectivity index (χ4n) is 2.71. The second kappa shape index (κ2) is 8.22. The van der Waals surface area contributed by atoms with Crippen molar-refractivity contribution in [2.24, 2.45) is 18.7 Å². The standard InChI is InChI=1S/C18H18Cl2N4OS/c1-24-16(14(19)10-22-24)13-8-15(26-17(13)20)23-18(25)12(9-21)7-11-5-3-2-4-6-11/h2-6,8,10,12H,7,9,21H2,1H3,(H,23,25)/t12-/m0/s1. The molecule has 8 heteroatoms. The first-order valence-electron chi connectivity index (χ1n) is 8.01. The number of carbonyl (C=O) groups is 1. The number of aromatic nitrogens is 2. The number of hydrogen-bond donors (Lipinski definition) is 2. The van der Waals surface area contributed by atoms with Crippen LogP contribution in [0.3, 0.4) is 0 Å². The van der Waals surface area contributed by atoms with E-state index in [4.69, 9.17) is 28.9 Å². The lowest BCUT2D eigenvalue weighted by Gasteiger charge is -2.14. The zero-order valence-corrected chi connectivity index (χ0v) is 16.4. The van der Waals surface area contributed by atoms with Crippen LogP contribution in [0.1, 0.15) is 5.56 Å². The molecule has 2 aromatic heterocycles. The van der Waals surface area contributed by atoms with Gasteiger partial charge < -0.3 is 11.1 Å². The third-order valence-corrected chi connectivity index (χ3v) is 5.61. The van der Waals surface area contributed by atoms with E-state index in [0.29, 0.717) is 26.5 Å². The number of rotatable bonds is 6. The van der Waals surface area contributed by atoms with Crippen LogP contribution in [0, 0.1) is 5.92 Å². The molecule has 1 amide bonds. The van der Waals surface area contributed by atoms with Crippen LogP contribution in [-0.2, 0) is 18.3 Å². The Labute approximate surface area is 165 Å². The molecule has 0 fully saturated rings. The zero-order chi connectivity index (χ0) is 18.7. The number of nitrogens with one attached hydrogen (secondary N) is 1. The summed E-state index contributed by atoms with van der Waals surface area (Å²) in [5.74, 6) is -0.445. The molecule has 0 bridgehead atoms. The van der Waals surface area contributed by atoms with Crippen LogP contribution < -0.4 is 11.1 Å². The summed E-state index contributed by atoms with van der Waals surface area (Å²) in [4.78, 5) is 12.6. The Bertz CT molecular complexity index is 888. The molecule has 3 N–H and O–H groups in total. The zero-order valence-electron chi connectivity index (χ0n) is 14.1. The van der Waals surface area contributed by atoms with Crippen LogP contribution in [0.25, 0.3) is 11.3 Å². The van der Waals surface area contributed by atoms with E-state index in [0.717, 1.165) is 11.1 Å². The molecule has 0 radical (unpaired) electrons. The largest absolute Gasteiger partial charge is 0.330 e. The fourth-order valence-corrected chi connectivity index (χ4v) is 4.16. The maximum Gasteiger partial charge on any atom is 0.229 e. The molecule has 0 aliphatic rings. The number of nitrogens with zero attached hydrogens (tertiary/aromatic N) is 2. The highest BCUT2D eigenvalue weighted by Gasteiger charge is 2.21. The Morgan fingerprint density at radius 3 is 2.69 bits per heavy atom. The number of halogens is 2. The summed E-state index contributed by atoms with van der Waals surface area (Å²) >= 11 is 13.8. The van der Waals surface area contributed by atoms with Crippen LogP contribution in [0.2, 0.25) is 9.36 Å². The van der Waals surface area contributed by atoms with E-state index in [1.807, 2.05) is 36.4 Å². The number of aryl methyl sites for hydroxylation is 1. The van der Waals surface area contributed by atoms with Gasteiger partial charge in [0.25, 0.3) is 0 Å². The molecule has 0 saturated heterocycles. The third-order valence-electron chi connectivity index (χ3n) is 4.06. The topological polar surface area (TPSA) is 72.9 Å². The lowest BCUT2D eigenvalue weighted by atomic mass is 9.99. The number of hydrogen-bond acceptors (Lipinski definition) is 4. The average molecular weight is 409 g/mol. The van der Waals surface area contributed by atoms with Crippen LogP contribution in [0.5, 0.6) is 0 Å². The van der Waals surface area contributed by atoms with Crippen LogP contribution >= 0.6 is 34.5 Å². The summed E-state index contributed by atoms with van der Waals surface area (Å²) in [6, 6.07) is 11.6. The highest BCUT2D eigenvalue weighted by Crippen LogP contribution is 2.41. The van der Waals surface area contributed by atoms with Crippen molar-refractivity contribution in [2.75, 3.05) is 11.9 Å². The molecule has 26 heavy (non-hydrogen) atoms. The predicted octanol–water partition coefficient (Wildman–Crippen LogP) is 4.21. The minimum atomic E-state index is -0.318. The van der Waals surface area contributed by atoms with Gasteiger partial charge in [-0.3, -0.25) is 9.48 Å². The molecular formula is C18H18Cl2N4OS. The molecule has 0 spiro atoms. The highest BCUT2D eigenvalue weighted by molar-refractivity contribution is 7.20. The predicted molar refractivity (Wildman–Crippen MR) is 108 cm³/mol. The molecule has 2 heterocycles. The van der Waals surface area contributed by atoms with Gasteiger partial charge in [0.05, 0.1) is 27.8 Å². The SMILES string of the molecule is Cn1ncc(Cl)c1-c1cc(NC(=O)[C@H](CN)Cc2ccccc2)sc1Cl. The van der Waals surface area contributed by atoms with Gasteiger partial charge in [0.1, 0.15) is 4.34 Å². The molecule has 3 rings (SSSR count). The third kappa shape index (κ3) is 4.10. The van der Waals surface area contributed by atoms with E-state index >= 15 is 0 Å². The highest BCUT2D eigenvalue weighted by atomic mass is 35.5. The summed E-state index contributed by atoms with van der Waals surface area (Å²) in [6.45, 7) is 0.264. The quantitative estimate of drug-likeness (QED) is 0.641. The van der Waals surface area contributed by atoms with E-state index in [9.17, 15) is 4.79 Å². The van der Waals surface area contributed by atoms with Crippen molar-refractivity contribution in [1.82, 2.24) is 9.78 Å². The first-order valence-corrected chi connectivity index (χ1v) is 9.59. The smallest absolute Gasteiger partial charge is 0.229 e. The number of amides is 1. The Morgan fingerprint density at radius 2 is 2.08 bits per heavy atom. The Hall–Kier alpha value is -1.86. The molecule has 3 aromatic rings. The van der Waals surface area contributed by atoms with E-state index in [1.54, 1.807) is 17.9 Å². The first-order chi connectivity index (χ1) is 12.5. The molecule has 0 aliphatic carbocycles. The van der Waals surface area contributed by atoms with Crippen molar-refractivity contribution >= 4 is 45.4 Å². The molecule has 0 saturated carbocycles. The van der Waals surface area contributed by atoms with Gasteiger partial charge >= 0.3 is 0 Å². The lowest BCUT2D eigenvalue weighted by molar-refractivity contribution is -0.119. The summed E-state index contributed by atoms with van der Waals surface area (Å²) in [6.07, 6.45) is 2.15. The van der Waals surface area contributed by atoms with Crippen molar-refractivity contribution in [3.63, 3.8) is 0 Å². The number of nitrogens with two attached hydrogens (primary N) is 1. The van der Waals surface area contributed by atoms with Gasteiger partial charge in [-0.25, -0.2) is 0 Å². The number of carbonyl (C=O) groups excluding carboxylic acids is 1. The van der Waals surface area contributed by atoms with Gasteiger partial charge in [-0.05, 0) is 18.1 Å². The van der Waals surface area contributed by atoms with Crippen molar-refractivity contribution in [1.29, 1.82) is 0 Å². The minimum Gasteiger partial charge on any atom is -0.330 e. The van der Waals surface area contributed by atoms with E-state index in [2.05, 4.69) is 10.4 Å². The maximum absolute atomic E-state index is 12.6. The summed E-state index contributed by atoms with van der Waals surface area (Å²) in [5.41, 5.74) is 8.34. The van der Waals surface area contributed by atoms with Gasteiger partial charge in [-0.2, -0.15) is 5.10 Å². The Balaban J connectivity index is 1.76. The van der Waals surface area contributed by atoms with Crippen molar-refractivity contribution in [3.8, 4) is 11.3 Å². The van der Waals surface area contributed by atoms with Gasteiger partial charge in [-0.15, -0.1) is 11.3 Å². The molecule has 1 aromatic carbocycles. The fraction of sp³-hybridized carbons (Fsp3) is 0.222. The second-order valence-corrected chi connectivity index (χ2v) is 7.94. The first kappa shape index (κ1) is 18.9. The van der Waals surface area contributed by atoms with Gasteiger partial charge in [0, 0.05) is 19.2 Å². The molecule has 1 atom stereocenters. The summed E-state index contributed by atoms with van der Waals surface area (Å²) < 4.78 is 2.19. The number of anilines is 1. The number of benzene rings is 1. The normalized spacial score (nSPS) is 12.2. The van der Waals surface area contributed by atoms with Crippen LogP contribution in [0.4, 0.5) is 5.00 Å². The molecule has 136 valence electrons. The van der Waals surface area contributed by atoms with Gasteiger partial charge in [-0.1, -0.05) is 53.5 Å². The minimum absolute atomic E-state index is 0.128.